The highest BCUT2D eigenvalue weighted by Gasteiger charge is 2.50. The molecule has 64 heavy (non-hydrogen) atoms. The van der Waals surface area contributed by atoms with Gasteiger partial charge in [0.2, 0.25) is 0 Å². The second kappa shape index (κ2) is 14.2. The topological polar surface area (TPSA) is 60.0 Å². The highest BCUT2D eigenvalue weighted by molar-refractivity contribution is 6.14. The fourth-order valence-corrected chi connectivity index (χ4v) is 10.5. The fourth-order valence-electron chi connectivity index (χ4n) is 10.5. The Hall–Kier alpha value is -8.09. The molecule has 0 amide bonds. The first kappa shape index (κ1) is 36.6. The number of benzene rings is 7. The lowest BCUT2D eigenvalue weighted by atomic mass is 9.75. The minimum absolute atomic E-state index is 0.0253. The van der Waals surface area contributed by atoms with Gasteiger partial charge in [0.05, 0.1) is 22.8 Å². The van der Waals surface area contributed by atoms with Gasteiger partial charge in [0.25, 0.3) is 0 Å². The number of allylic oxidation sites excluding steroid dienone is 6. The maximum absolute atomic E-state index is 6.95. The summed E-state index contributed by atoms with van der Waals surface area (Å²) < 4.78 is 9.36. The molecule has 0 N–H and O–H groups in total. The van der Waals surface area contributed by atoms with Gasteiger partial charge in [-0.05, 0) is 73.4 Å². The van der Waals surface area contributed by atoms with Crippen molar-refractivity contribution in [3.8, 4) is 39.6 Å². The van der Waals surface area contributed by atoms with Gasteiger partial charge in [0.15, 0.2) is 17.5 Å². The number of fused-ring (bicyclic) bond motifs is 10. The van der Waals surface area contributed by atoms with E-state index in [9.17, 15) is 0 Å². The third kappa shape index (κ3) is 5.55. The van der Waals surface area contributed by atoms with Crippen LogP contribution in [0.2, 0.25) is 0 Å². The van der Waals surface area contributed by atoms with Gasteiger partial charge in [-0.3, -0.25) is 0 Å². The molecule has 10 aromatic rings. The van der Waals surface area contributed by atoms with E-state index in [1.165, 1.54) is 44.3 Å². The first-order chi connectivity index (χ1) is 31.6. The zero-order valence-electron chi connectivity index (χ0n) is 35.2. The lowest BCUT2D eigenvalue weighted by molar-refractivity contribution is 0.532. The molecular formula is C58H41N5O. The lowest BCUT2D eigenvalue weighted by Crippen LogP contribution is -2.41. The summed E-state index contributed by atoms with van der Waals surface area (Å²) in [5, 5.41) is 4.73. The third-order valence-electron chi connectivity index (χ3n) is 13.6. The Morgan fingerprint density at radius 2 is 1.22 bits per heavy atom. The van der Waals surface area contributed by atoms with E-state index in [2.05, 4.69) is 180 Å². The number of hydrogen-bond acceptors (Lipinski definition) is 5. The molecule has 3 aliphatic rings. The van der Waals surface area contributed by atoms with Crippen LogP contribution in [0.25, 0.3) is 88.9 Å². The van der Waals surface area contributed by atoms with Gasteiger partial charge in [-0.1, -0.05) is 158 Å². The van der Waals surface area contributed by atoms with Crippen LogP contribution in [0.15, 0.2) is 210 Å². The molecule has 1 aliphatic heterocycles. The van der Waals surface area contributed by atoms with Crippen LogP contribution in [-0.4, -0.2) is 25.6 Å². The molecule has 0 saturated carbocycles. The first-order valence-electron chi connectivity index (χ1n) is 22.1. The quantitative estimate of drug-likeness (QED) is 0.167. The molecule has 2 aliphatic carbocycles. The minimum atomic E-state index is -0.372. The Labute approximate surface area is 370 Å². The van der Waals surface area contributed by atoms with Crippen molar-refractivity contribution in [2.45, 2.75) is 31.2 Å². The number of hydrogen-bond donors (Lipinski definition) is 0. The SMILES string of the molecule is CC12C=CC=CC1N(C1=CC=C(c3nc(-c4ccccc4)nc(-c4ccccc4)n3)CC1)c1c(-c3ccc4c5ccccc5n(-c5ccccc5)c4c3)cc3c(oc4ccccc43)c12. The molecule has 6 heteroatoms. The van der Waals surface area contributed by atoms with Crippen molar-refractivity contribution < 1.29 is 4.42 Å². The maximum atomic E-state index is 6.95. The number of anilines is 1. The summed E-state index contributed by atoms with van der Waals surface area (Å²) in [5.41, 5.74) is 14.0. The number of furan rings is 1. The van der Waals surface area contributed by atoms with Crippen molar-refractivity contribution >= 4 is 55.0 Å². The highest BCUT2D eigenvalue weighted by atomic mass is 16.3. The summed E-state index contributed by atoms with van der Waals surface area (Å²) in [6, 6.07) is 57.8. The molecular weight excluding hydrogens is 783 g/mol. The first-order valence-corrected chi connectivity index (χ1v) is 22.1. The molecule has 0 saturated heterocycles. The Morgan fingerprint density at radius 3 is 1.95 bits per heavy atom. The summed E-state index contributed by atoms with van der Waals surface area (Å²) in [5.74, 6) is 2.06. The average molecular weight is 824 g/mol. The van der Waals surface area contributed by atoms with E-state index in [0.29, 0.717) is 17.5 Å². The standard InChI is InChI=1S/C58H41N5O/c1-58-34-16-15-27-51(58)63(42-31-28-39(29-32-42)57-60-55(37-17-5-2-6-18-37)59-56(61-57)38-19-7-3-8-20-38)53-46(36-47-45-24-12-14-26-50(45)64-54(47)52(53)58)40-30-33-44-43-23-11-13-25-48(43)62(49(44)35-40)41-21-9-4-10-22-41/h2-28,30-31,33-36,51H,29,32H2,1H3. The van der Waals surface area contributed by atoms with E-state index in [1.54, 1.807) is 0 Å². The second-order valence-corrected chi connectivity index (χ2v) is 17.3. The molecule has 2 unspecified atom stereocenters. The molecule has 0 spiro atoms. The van der Waals surface area contributed by atoms with Gasteiger partial charge in [-0.25, -0.2) is 15.0 Å². The van der Waals surface area contributed by atoms with Crippen molar-refractivity contribution in [3.05, 3.63) is 217 Å². The molecule has 7 aromatic carbocycles. The summed E-state index contributed by atoms with van der Waals surface area (Å²) in [6.45, 7) is 2.38. The van der Waals surface area contributed by atoms with E-state index in [1.807, 2.05) is 36.4 Å². The molecule has 13 rings (SSSR count). The molecule has 3 aromatic heterocycles. The Bertz CT molecular complexity index is 3580. The molecule has 6 nitrogen and oxygen atoms in total. The molecule has 4 heterocycles. The van der Waals surface area contributed by atoms with Gasteiger partial charge in [0.1, 0.15) is 11.2 Å². The van der Waals surface area contributed by atoms with E-state index in [-0.39, 0.29) is 11.5 Å². The molecule has 0 radical (unpaired) electrons. The zero-order chi connectivity index (χ0) is 42.4. The molecule has 304 valence electrons. The van der Waals surface area contributed by atoms with E-state index >= 15 is 0 Å². The second-order valence-electron chi connectivity index (χ2n) is 17.3. The Morgan fingerprint density at radius 1 is 0.562 bits per heavy atom. The van der Waals surface area contributed by atoms with Gasteiger partial charge in [-0.2, -0.15) is 0 Å². The van der Waals surface area contributed by atoms with Crippen molar-refractivity contribution in [1.29, 1.82) is 0 Å². The monoisotopic (exact) mass is 823 g/mol. The van der Waals surface area contributed by atoms with Crippen LogP contribution in [0.5, 0.6) is 0 Å². The van der Waals surface area contributed by atoms with E-state index < -0.39 is 0 Å². The predicted octanol–water partition coefficient (Wildman–Crippen LogP) is 14.2. The van der Waals surface area contributed by atoms with Crippen molar-refractivity contribution in [3.63, 3.8) is 0 Å². The normalized spacial score (nSPS) is 17.9. The number of nitrogens with zero attached hydrogens (tertiary/aromatic N) is 5. The van der Waals surface area contributed by atoms with Crippen molar-refractivity contribution in [2.75, 3.05) is 4.90 Å². The lowest BCUT2D eigenvalue weighted by Gasteiger charge is -2.36. The summed E-state index contributed by atoms with van der Waals surface area (Å²) >= 11 is 0. The van der Waals surface area contributed by atoms with Gasteiger partial charge < -0.3 is 13.9 Å². The number of para-hydroxylation sites is 3. The van der Waals surface area contributed by atoms with Crippen LogP contribution in [0.1, 0.15) is 31.2 Å². The summed E-state index contributed by atoms with van der Waals surface area (Å²) in [7, 11) is 0. The van der Waals surface area contributed by atoms with Crippen LogP contribution < -0.4 is 4.90 Å². The van der Waals surface area contributed by atoms with Crippen molar-refractivity contribution in [1.82, 2.24) is 19.5 Å². The van der Waals surface area contributed by atoms with Gasteiger partial charge in [-0.15, -0.1) is 0 Å². The minimum Gasteiger partial charge on any atom is -0.456 e. The van der Waals surface area contributed by atoms with Crippen molar-refractivity contribution in [2.24, 2.45) is 0 Å². The largest absolute Gasteiger partial charge is 0.456 e. The molecule has 2 atom stereocenters. The van der Waals surface area contributed by atoms with E-state index in [0.717, 1.165) is 62.7 Å². The smallest absolute Gasteiger partial charge is 0.164 e. The van der Waals surface area contributed by atoms with Crippen LogP contribution in [0.4, 0.5) is 5.69 Å². The molecule has 0 bridgehead atoms. The summed E-state index contributed by atoms with van der Waals surface area (Å²) in [4.78, 5) is 17.8. The zero-order valence-corrected chi connectivity index (χ0v) is 35.2. The maximum Gasteiger partial charge on any atom is 0.164 e. The van der Waals surface area contributed by atoms with Crippen LogP contribution in [0, 0.1) is 0 Å². The van der Waals surface area contributed by atoms with Crippen LogP contribution in [0.3, 0.4) is 0 Å². The Balaban J connectivity index is 1.03. The van der Waals surface area contributed by atoms with E-state index in [4.69, 9.17) is 19.4 Å². The fraction of sp³-hybridized carbons (Fsp3) is 0.0862. The van der Waals surface area contributed by atoms with Crippen LogP contribution >= 0.6 is 0 Å². The number of rotatable bonds is 6. The molecule has 0 fully saturated rings. The third-order valence-corrected chi connectivity index (χ3v) is 13.6. The van der Waals surface area contributed by atoms with Gasteiger partial charge in [0, 0.05) is 60.6 Å². The Kier molecular flexibility index (Phi) is 8.13. The van der Waals surface area contributed by atoms with Gasteiger partial charge >= 0.3 is 0 Å². The average Bonchev–Trinajstić information content (AvgIpc) is 3.99. The number of aromatic nitrogens is 4. The highest BCUT2D eigenvalue weighted by Crippen LogP contribution is 2.58. The predicted molar refractivity (Wildman–Crippen MR) is 261 cm³/mol. The summed E-state index contributed by atoms with van der Waals surface area (Å²) in [6.07, 6.45) is 15.3. The van der Waals surface area contributed by atoms with Crippen LogP contribution in [-0.2, 0) is 5.41 Å².